The number of alkyl halides is 3. The number of anilines is 1. The molecule has 0 atom stereocenters. The summed E-state index contributed by atoms with van der Waals surface area (Å²) >= 11 is 0. The van der Waals surface area contributed by atoms with Gasteiger partial charge in [0.25, 0.3) is 0 Å². The summed E-state index contributed by atoms with van der Waals surface area (Å²) in [5, 5.41) is 3.87. The third-order valence-electron chi connectivity index (χ3n) is 3.36. The topological polar surface area (TPSA) is 54.0 Å². The molecule has 2 rings (SSSR count). The third kappa shape index (κ3) is 5.02. The lowest BCUT2D eigenvalue weighted by Crippen LogP contribution is -2.41. The molecule has 1 N–H and O–H groups in total. The van der Waals surface area contributed by atoms with E-state index >= 15 is 0 Å². The van der Waals surface area contributed by atoms with Crippen LogP contribution in [0, 0.1) is 0 Å². The molecule has 1 heterocycles. The number of rotatable bonds is 5. The SMILES string of the molecule is CON(Cc1ccc(N2C=C(C(F)(F)F)OC2)cc1)C(=O)NC(C)C. The zero-order valence-corrected chi connectivity index (χ0v) is 14.1. The van der Waals surface area contributed by atoms with E-state index in [1.54, 1.807) is 24.3 Å². The molecule has 0 aromatic heterocycles. The summed E-state index contributed by atoms with van der Waals surface area (Å²) < 4.78 is 42.4. The van der Waals surface area contributed by atoms with Crippen molar-refractivity contribution in [3.63, 3.8) is 0 Å². The van der Waals surface area contributed by atoms with Crippen molar-refractivity contribution >= 4 is 11.7 Å². The van der Waals surface area contributed by atoms with Gasteiger partial charge in [-0.1, -0.05) is 12.1 Å². The number of hydroxylamine groups is 2. The maximum Gasteiger partial charge on any atom is 0.450 e. The molecule has 138 valence electrons. The zero-order valence-electron chi connectivity index (χ0n) is 14.1. The number of hydrogen-bond donors (Lipinski definition) is 1. The van der Waals surface area contributed by atoms with Crippen LogP contribution in [0.5, 0.6) is 0 Å². The molecule has 0 unspecified atom stereocenters. The molecule has 0 saturated carbocycles. The van der Waals surface area contributed by atoms with Crippen molar-refractivity contribution in [2.24, 2.45) is 0 Å². The molecule has 0 spiro atoms. The first kappa shape index (κ1) is 18.9. The molecule has 1 aliphatic rings. The van der Waals surface area contributed by atoms with Gasteiger partial charge in [-0.3, -0.25) is 4.84 Å². The molecular formula is C16H20F3N3O3. The Bertz CT molecular complexity index is 630. The molecule has 2 amide bonds. The lowest BCUT2D eigenvalue weighted by atomic mass is 10.2. The van der Waals surface area contributed by atoms with Gasteiger partial charge in [0.2, 0.25) is 5.76 Å². The number of nitrogens with one attached hydrogen (secondary N) is 1. The summed E-state index contributed by atoms with van der Waals surface area (Å²) in [4.78, 5) is 18.4. The first-order valence-corrected chi connectivity index (χ1v) is 7.60. The van der Waals surface area contributed by atoms with E-state index in [0.29, 0.717) is 5.69 Å². The summed E-state index contributed by atoms with van der Waals surface area (Å²) in [5.74, 6) is -1.02. The molecule has 0 radical (unpaired) electrons. The average molecular weight is 359 g/mol. The number of nitrogens with zero attached hydrogens (tertiary/aromatic N) is 2. The minimum Gasteiger partial charge on any atom is -0.466 e. The van der Waals surface area contributed by atoms with Crippen molar-refractivity contribution < 1.29 is 27.5 Å². The van der Waals surface area contributed by atoms with Crippen molar-refractivity contribution in [2.45, 2.75) is 32.6 Å². The average Bonchev–Trinajstić information content (AvgIpc) is 3.02. The van der Waals surface area contributed by atoms with E-state index in [9.17, 15) is 18.0 Å². The first-order valence-electron chi connectivity index (χ1n) is 7.60. The first-order chi connectivity index (χ1) is 11.7. The summed E-state index contributed by atoms with van der Waals surface area (Å²) in [7, 11) is 1.39. The summed E-state index contributed by atoms with van der Waals surface area (Å²) in [6, 6.07) is 6.34. The van der Waals surface area contributed by atoms with E-state index in [0.717, 1.165) is 16.8 Å². The van der Waals surface area contributed by atoms with Crippen LogP contribution in [0.4, 0.5) is 23.7 Å². The monoisotopic (exact) mass is 359 g/mol. The number of amides is 2. The van der Waals surface area contributed by atoms with Crippen LogP contribution < -0.4 is 10.2 Å². The van der Waals surface area contributed by atoms with Crippen LogP contribution >= 0.6 is 0 Å². The minimum absolute atomic E-state index is 0.0303. The molecule has 9 heteroatoms. The Morgan fingerprint density at radius 1 is 1.36 bits per heavy atom. The van der Waals surface area contributed by atoms with Gasteiger partial charge in [0.05, 0.1) is 19.9 Å². The van der Waals surface area contributed by atoms with Crippen molar-refractivity contribution in [1.82, 2.24) is 10.4 Å². The number of urea groups is 1. The number of allylic oxidation sites excluding steroid dienone is 1. The van der Waals surface area contributed by atoms with Crippen LogP contribution in [0.2, 0.25) is 0 Å². The van der Waals surface area contributed by atoms with Crippen LogP contribution in [-0.4, -0.2) is 37.2 Å². The largest absolute Gasteiger partial charge is 0.466 e. The van der Waals surface area contributed by atoms with Crippen molar-refractivity contribution in [1.29, 1.82) is 0 Å². The van der Waals surface area contributed by atoms with E-state index in [-0.39, 0.29) is 25.3 Å². The lowest BCUT2D eigenvalue weighted by molar-refractivity contribution is -0.126. The fourth-order valence-electron chi connectivity index (χ4n) is 2.16. The minimum atomic E-state index is -4.50. The van der Waals surface area contributed by atoms with Crippen LogP contribution in [0.25, 0.3) is 0 Å². The van der Waals surface area contributed by atoms with Crippen LogP contribution in [0.3, 0.4) is 0 Å². The highest BCUT2D eigenvalue weighted by atomic mass is 19.4. The lowest BCUT2D eigenvalue weighted by Gasteiger charge is -2.22. The standard InChI is InChI=1S/C16H20F3N3O3/c1-11(2)20-15(23)22(24-3)8-12-4-6-13(7-5-12)21-9-14(25-10-21)16(17,18)19/h4-7,9,11H,8,10H2,1-3H3,(H,20,23). The van der Waals surface area contributed by atoms with Crippen molar-refractivity contribution in [3.05, 3.63) is 41.8 Å². The summed E-state index contributed by atoms with van der Waals surface area (Å²) in [6.07, 6.45) is -3.58. The normalized spacial score (nSPS) is 14.4. The molecule has 0 aliphatic carbocycles. The van der Waals surface area contributed by atoms with Gasteiger partial charge in [-0.25, -0.2) is 4.79 Å². The number of carbonyl (C=O) groups is 1. The van der Waals surface area contributed by atoms with Crippen LogP contribution in [-0.2, 0) is 16.1 Å². The molecule has 25 heavy (non-hydrogen) atoms. The second-order valence-electron chi connectivity index (χ2n) is 5.72. The van der Waals surface area contributed by atoms with Gasteiger partial charge in [-0.15, -0.1) is 0 Å². The fourth-order valence-corrected chi connectivity index (χ4v) is 2.16. The Labute approximate surface area is 143 Å². The summed E-state index contributed by atoms with van der Waals surface area (Å²) in [6.45, 7) is 3.67. The Balaban J connectivity index is 2.03. The Hall–Kier alpha value is -2.42. The van der Waals surface area contributed by atoms with Gasteiger partial charge < -0.3 is 15.0 Å². The number of ether oxygens (including phenoxy) is 1. The van der Waals surface area contributed by atoms with Gasteiger partial charge in [-0.05, 0) is 31.5 Å². The van der Waals surface area contributed by atoms with E-state index in [1.165, 1.54) is 12.0 Å². The van der Waals surface area contributed by atoms with E-state index in [4.69, 9.17) is 4.84 Å². The number of halogens is 3. The molecule has 6 nitrogen and oxygen atoms in total. The second kappa shape index (κ2) is 7.64. The molecule has 0 saturated heterocycles. The maximum atomic E-state index is 12.6. The fraction of sp³-hybridized carbons (Fsp3) is 0.438. The van der Waals surface area contributed by atoms with Gasteiger partial charge >= 0.3 is 12.2 Å². The van der Waals surface area contributed by atoms with Crippen molar-refractivity contribution in [2.75, 3.05) is 18.7 Å². The van der Waals surface area contributed by atoms with Gasteiger partial charge in [0, 0.05) is 11.7 Å². The van der Waals surface area contributed by atoms with Crippen molar-refractivity contribution in [3.8, 4) is 0 Å². The molecular weight excluding hydrogens is 339 g/mol. The predicted octanol–water partition coefficient (Wildman–Crippen LogP) is 3.37. The predicted molar refractivity (Wildman–Crippen MR) is 85.2 cm³/mol. The Morgan fingerprint density at radius 3 is 2.48 bits per heavy atom. The maximum absolute atomic E-state index is 12.6. The highest BCUT2D eigenvalue weighted by Crippen LogP contribution is 2.32. The molecule has 1 aromatic rings. The summed E-state index contributed by atoms with van der Waals surface area (Å²) in [5.41, 5.74) is 1.32. The highest BCUT2D eigenvalue weighted by Gasteiger charge is 2.39. The Morgan fingerprint density at radius 2 is 2.00 bits per heavy atom. The van der Waals surface area contributed by atoms with Crippen LogP contribution in [0.15, 0.2) is 36.2 Å². The smallest absolute Gasteiger partial charge is 0.450 e. The molecule has 0 bridgehead atoms. The quantitative estimate of drug-likeness (QED) is 0.819. The molecule has 1 aliphatic heterocycles. The van der Waals surface area contributed by atoms with Crippen LogP contribution in [0.1, 0.15) is 19.4 Å². The zero-order chi connectivity index (χ0) is 18.6. The Kier molecular flexibility index (Phi) is 5.78. The molecule has 0 fully saturated rings. The van der Waals surface area contributed by atoms with E-state index in [2.05, 4.69) is 10.1 Å². The van der Waals surface area contributed by atoms with Gasteiger partial charge in [0.1, 0.15) is 0 Å². The van der Waals surface area contributed by atoms with Gasteiger partial charge in [-0.2, -0.15) is 18.2 Å². The van der Waals surface area contributed by atoms with E-state index in [1.807, 2.05) is 13.8 Å². The number of benzene rings is 1. The van der Waals surface area contributed by atoms with Gasteiger partial charge in [0.15, 0.2) is 6.73 Å². The third-order valence-corrected chi connectivity index (χ3v) is 3.36. The second-order valence-corrected chi connectivity index (χ2v) is 5.72. The molecule has 1 aromatic carbocycles. The highest BCUT2D eigenvalue weighted by molar-refractivity contribution is 5.73. The number of hydrogen-bond acceptors (Lipinski definition) is 4. The van der Waals surface area contributed by atoms with E-state index < -0.39 is 11.9 Å². The number of carbonyl (C=O) groups excluding carboxylic acids is 1.